The maximum Gasteiger partial charge on any atom is 0.416 e. The van der Waals surface area contributed by atoms with E-state index in [1.807, 2.05) is 0 Å². The molecule has 0 radical (unpaired) electrons. The number of halogens is 4. The molecule has 0 aliphatic carbocycles. The summed E-state index contributed by atoms with van der Waals surface area (Å²) in [6.45, 7) is 1.30. The number of para-hydroxylation sites is 1. The van der Waals surface area contributed by atoms with Crippen molar-refractivity contribution in [2.75, 3.05) is 7.11 Å². The first kappa shape index (κ1) is 28.2. The fourth-order valence-corrected chi connectivity index (χ4v) is 3.94. The van der Waals surface area contributed by atoms with Crippen molar-refractivity contribution in [3.05, 3.63) is 97.3 Å². The molecule has 1 atom stereocenters. The fraction of sp³-hybridized carbons (Fsp3) is 0.154. The van der Waals surface area contributed by atoms with Crippen LogP contribution in [0.1, 0.15) is 18.1 Å². The van der Waals surface area contributed by atoms with Gasteiger partial charge in [0.05, 0.1) is 34.7 Å². The van der Waals surface area contributed by atoms with Crippen LogP contribution in [0.15, 0.2) is 70.6 Å². The molecule has 0 saturated heterocycles. The topological polar surface area (TPSA) is 126 Å². The average molecular weight is 575 g/mol. The van der Waals surface area contributed by atoms with Crippen molar-refractivity contribution in [2.45, 2.75) is 19.2 Å². The van der Waals surface area contributed by atoms with Crippen molar-refractivity contribution in [3.8, 4) is 17.1 Å². The largest absolute Gasteiger partial charge is 0.471 e. The maximum absolute atomic E-state index is 13.4. The van der Waals surface area contributed by atoms with Gasteiger partial charge in [-0.05, 0) is 37.3 Å². The van der Waals surface area contributed by atoms with Crippen LogP contribution in [0, 0.1) is 10.1 Å². The lowest BCUT2D eigenvalue weighted by molar-refractivity contribution is -0.386. The van der Waals surface area contributed by atoms with Gasteiger partial charge in [-0.25, -0.2) is 9.78 Å². The molecule has 3 aromatic carbocycles. The molecule has 0 aliphatic heterocycles. The summed E-state index contributed by atoms with van der Waals surface area (Å²) in [5.41, 5.74) is -2.27. The molecular formula is C26H18ClF3N4O6. The number of benzene rings is 3. The van der Waals surface area contributed by atoms with E-state index < -0.39 is 45.7 Å². The van der Waals surface area contributed by atoms with E-state index in [1.54, 1.807) is 12.1 Å². The second-order valence-corrected chi connectivity index (χ2v) is 8.71. The number of aromatic nitrogens is 2. The summed E-state index contributed by atoms with van der Waals surface area (Å²) in [5, 5.41) is 15.9. The van der Waals surface area contributed by atoms with Gasteiger partial charge in [0.15, 0.2) is 11.9 Å². The van der Waals surface area contributed by atoms with E-state index in [4.69, 9.17) is 16.3 Å². The summed E-state index contributed by atoms with van der Waals surface area (Å²) in [7, 11) is 1.11. The Balaban J connectivity index is 1.95. The van der Waals surface area contributed by atoms with Crippen LogP contribution in [0.25, 0.3) is 22.3 Å². The summed E-state index contributed by atoms with van der Waals surface area (Å²) in [5.74, 6) is -1.46. The highest BCUT2D eigenvalue weighted by molar-refractivity contribution is 6.31. The highest BCUT2D eigenvalue weighted by atomic mass is 35.5. The SMILES string of the molecule is COC(=O)[C@@H](C)Oc1c(C=Nn2c(-c3cccc(C(F)(F)F)c3)nc3ccccc3c2=O)cc(Cl)cc1[N+](=O)[O-]. The molecule has 0 saturated carbocycles. The third-order valence-electron chi connectivity index (χ3n) is 5.60. The van der Waals surface area contributed by atoms with E-state index >= 15 is 0 Å². The zero-order valence-corrected chi connectivity index (χ0v) is 21.4. The molecule has 0 N–H and O–H groups in total. The number of nitro benzene ring substituents is 1. The smallest absolute Gasteiger partial charge is 0.416 e. The first-order chi connectivity index (χ1) is 18.9. The lowest BCUT2D eigenvalue weighted by Gasteiger charge is -2.15. The predicted octanol–water partition coefficient (Wildman–Crippen LogP) is 5.47. The number of nitro groups is 1. The van der Waals surface area contributed by atoms with Crippen LogP contribution < -0.4 is 10.3 Å². The van der Waals surface area contributed by atoms with E-state index in [-0.39, 0.29) is 32.9 Å². The highest BCUT2D eigenvalue weighted by Gasteiger charge is 2.31. The summed E-state index contributed by atoms with van der Waals surface area (Å²) in [4.78, 5) is 40.6. The number of carbonyl (C=O) groups excluding carboxylic acids is 1. The van der Waals surface area contributed by atoms with E-state index in [9.17, 15) is 32.9 Å². The summed E-state index contributed by atoms with van der Waals surface area (Å²) in [6.07, 6.45) is -4.95. The van der Waals surface area contributed by atoms with Crippen LogP contribution in [-0.2, 0) is 15.7 Å². The Morgan fingerprint density at radius 2 is 1.90 bits per heavy atom. The zero-order chi connectivity index (χ0) is 29.2. The summed E-state index contributed by atoms with van der Waals surface area (Å²) in [6, 6.07) is 12.6. The third-order valence-corrected chi connectivity index (χ3v) is 5.82. The van der Waals surface area contributed by atoms with E-state index in [1.165, 1.54) is 31.2 Å². The summed E-state index contributed by atoms with van der Waals surface area (Å²) >= 11 is 6.07. The summed E-state index contributed by atoms with van der Waals surface area (Å²) < 4.78 is 51.2. The van der Waals surface area contributed by atoms with Gasteiger partial charge < -0.3 is 9.47 Å². The first-order valence-corrected chi connectivity index (χ1v) is 11.7. The molecule has 1 aromatic heterocycles. The molecule has 4 aromatic rings. The molecule has 0 unspecified atom stereocenters. The minimum absolute atomic E-state index is 0.0670. The van der Waals surface area contributed by atoms with Gasteiger partial charge in [-0.2, -0.15) is 22.9 Å². The number of fused-ring (bicyclic) bond motifs is 1. The Kier molecular flexibility index (Phi) is 7.86. The standard InChI is InChI=1S/C26H18ClF3N4O6/c1-14(25(36)39-2)40-22-16(11-18(27)12-21(22)34(37)38)13-31-33-23(15-6-5-7-17(10-15)26(28,29)30)32-20-9-4-3-8-19(20)24(33)35/h3-14H,1-2H3/t14-/m1/s1. The molecule has 0 spiro atoms. The minimum Gasteiger partial charge on any atom is -0.471 e. The van der Waals surface area contributed by atoms with Crippen LogP contribution in [0.3, 0.4) is 0 Å². The molecule has 206 valence electrons. The zero-order valence-electron chi connectivity index (χ0n) is 20.7. The second-order valence-electron chi connectivity index (χ2n) is 8.28. The van der Waals surface area contributed by atoms with Crippen molar-refractivity contribution in [2.24, 2.45) is 5.10 Å². The number of hydrogen-bond acceptors (Lipinski definition) is 8. The van der Waals surface area contributed by atoms with Crippen LogP contribution in [0.5, 0.6) is 5.75 Å². The normalized spacial score (nSPS) is 12.4. The van der Waals surface area contributed by atoms with Crippen molar-refractivity contribution in [1.29, 1.82) is 0 Å². The quantitative estimate of drug-likeness (QED) is 0.124. The Bertz CT molecular complexity index is 1720. The lowest BCUT2D eigenvalue weighted by Crippen LogP contribution is -2.26. The van der Waals surface area contributed by atoms with E-state index in [0.717, 1.165) is 42.3 Å². The molecule has 0 bridgehead atoms. The fourth-order valence-electron chi connectivity index (χ4n) is 3.72. The second kappa shape index (κ2) is 11.1. The highest BCUT2D eigenvalue weighted by Crippen LogP contribution is 2.35. The van der Waals surface area contributed by atoms with Gasteiger partial charge in [0.25, 0.3) is 5.56 Å². The number of nitrogens with zero attached hydrogens (tertiary/aromatic N) is 4. The van der Waals surface area contributed by atoms with Crippen molar-refractivity contribution < 1.29 is 32.4 Å². The minimum atomic E-state index is -4.66. The Labute approximate surface area is 228 Å². The monoisotopic (exact) mass is 574 g/mol. The van der Waals surface area contributed by atoms with Gasteiger partial charge in [0.2, 0.25) is 5.75 Å². The number of hydrogen-bond donors (Lipinski definition) is 0. The molecular weight excluding hydrogens is 557 g/mol. The maximum atomic E-state index is 13.4. The number of esters is 1. The van der Waals surface area contributed by atoms with Crippen LogP contribution in [-0.4, -0.2) is 40.0 Å². The molecule has 40 heavy (non-hydrogen) atoms. The number of alkyl halides is 3. The average Bonchev–Trinajstić information content (AvgIpc) is 2.92. The molecule has 14 heteroatoms. The molecule has 0 fully saturated rings. The van der Waals surface area contributed by atoms with E-state index in [2.05, 4.69) is 14.8 Å². The van der Waals surface area contributed by atoms with Gasteiger partial charge >= 0.3 is 17.8 Å². The third kappa shape index (κ3) is 5.78. The molecule has 4 rings (SSSR count). The van der Waals surface area contributed by atoms with Gasteiger partial charge in [-0.15, -0.1) is 0 Å². The Morgan fingerprint density at radius 1 is 1.18 bits per heavy atom. The van der Waals surface area contributed by atoms with E-state index in [0.29, 0.717) is 0 Å². The van der Waals surface area contributed by atoms with Gasteiger partial charge in [-0.3, -0.25) is 14.9 Å². The molecule has 0 aliphatic rings. The van der Waals surface area contributed by atoms with Gasteiger partial charge in [0.1, 0.15) is 0 Å². The molecule has 0 amide bonds. The van der Waals surface area contributed by atoms with Gasteiger partial charge in [0, 0.05) is 22.2 Å². The van der Waals surface area contributed by atoms with Crippen LogP contribution in [0.2, 0.25) is 5.02 Å². The Morgan fingerprint density at radius 3 is 2.58 bits per heavy atom. The van der Waals surface area contributed by atoms with Crippen LogP contribution >= 0.6 is 11.6 Å². The molecule has 1 heterocycles. The van der Waals surface area contributed by atoms with Crippen molar-refractivity contribution >= 4 is 40.4 Å². The number of methoxy groups -OCH3 is 1. The van der Waals surface area contributed by atoms with Crippen molar-refractivity contribution in [3.63, 3.8) is 0 Å². The molecule has 10 nitrogen and oxygen atoms in total. The number of carbonyl (C=O) groups is 1. The predicted molar refractivity (Wildman–Crippen MR) is 140 cm³/mol. The van der Waals surface area contributed by atoms with Gasteiger partial charge in [-0.1, -0.05) is 35.9 Å². The number of rotatable bonds is 7. The Hall–Kier alpha value is -4.78. The lowest BCUT2D eigenvalue weighted by atomic mass is 10.1. The number of ether oxygens (including phenoxy) is 2. The van der Waals surface area contributed by atoms with Crippen LogP contribution in [0.4, 0.5) is 18.9 Å². The first-order valence-electron chi connectivity index (χ1n) is 11.4. The van der Waals surface area contributed by atoms with Crippen molar-refractivity contribution in [1.82, 2.24) is 9.66 Å².